The second kappa shape index (κ2) is 7.33. The minimum Gasteiger partial charge on any atom is -0.489 e. The summed E-state index contributed by atoms with van der Waals surface area (Å²) in [5.74, 6) is -0.330. The first-order valence-corrected chi connectivity index (χ1v) is 8.49. The number of hydrogen-bond donors (Lipinski definition) is 1. The summed E-state index contributed by atoms with van der Waals surface area (Å²) in [5, 5.41) is 6.22. The number of aromatic nitrogens is 2. The van der Waals surface area contributed by atoms with Crippen molar-refractivity contribution >= 4 is 17.6 Å². The molecule has 27 heavy (non-hydrogen) atoms. The van der Waals surface area contributed by atoms with E-state index in [-0.39, 0.29) is 24.2 Å². The molecule has 3 aromatic rings. The number of nitrogens with one attached hydrogen (secondary N) is 1. The van der Waals surface area contributed by atoms with Crippen LogP contribution in [0.2, 0.25) is 0 Å². The molecule has 2 heterocycles. The predicted molar refractivity (Wildman–Crippen MR) is 97.5 cm³/mol. The van der Waals surface area contributed by atoms with Gasteiger partial charge in [-0.1, -0.05) is 42.5 Å². The van der Waals surface area contributed by atoms with Crippen molar-refractivity contribution in [1.29, 1.82) is 0 Å². The van der Waals surface area contributed by atoms with Crippen molar-refractivity contribution in [3.63, 3.8) is 0 Å². The molecule has 136 valence electrons. The molecule has 0 unspecified atom stereocenters. The molecular weight excluding hydrogens is 346 g/mol. The van der Waals surface area contributed by atoms with Gasteiger partial charge in [0.25, 0.3) is 5.91 Å². The highest BCUT2D eigenvalue weighted by atomic mass is 16.5. The lowest BCUT2D eigenvalue weighted by atomic mass is 10.0. The van der Waals surface area contributed by atoms with Crippen LogP contribution in [-0.2, 0) is 9.53 Å². The molecule has 7 heteroatoms. The number of carbonyl (C=O) groups excluding carboxylic acids is 2. The Morgan fingerprint density at radius 2 is 1.89 bits per heavy atom. The number of hydrogen-bond acceptors (Lipinski definition) is 5. The molecule has 1 atom stereocenters. The molecule has 1 aliphatic heterocycles. The van der Waals surface area contributed by atoms with E-state index in [0.717, 1.165) is 5.56 Å². The molecule has 0 saturated carbocycles. The molecular formula is C20H17N3O4. The van der Waals surface area contributed by atoms with Crippen LogP contribution in [0, 0.1) is 0 Å². The average molecular weight is 363 g/mol. The summed E-state index contributed by atoms with van der Waals surface area (Å²) in [6.07, 6.45) is 1.45. The average Bonchev–Trinajstić information content (AvgIpc) is 3.26. The number of carbonyl (C=O) groups is 2. The summed E-state index contributed by atoms with van der Waals surface area (Å²) in [4.78, 5) is 26.6. The van der Waals surface area contributed by atoms with Crippen LogP contribution < -0.4 is 9.64 Å². The maximum Gasteiger partial charge on any atom is 0.356 e. The molecule has 0 aliphatic carbocycles. The van der Waals surface area contributed by atoms with Gasteiger partial charge in [0.1, 0.15) is 18.1 Å². The SMILES string of the molecule is O=C(OCC(=O)N1c2ccccc2OC[C@H]1c1ccccc1)c1ccn[nH]1. The highest BCUT2D eigenvalue weighted by Crippen LogP contribution is 2.39. The Balaban J connectivity index is 1.59. The van der Waals surface area contributed by atoms with Crippen LogP contribution in [0.15, 0.2) is 66.9 Å². The summed E-state index contributed by atoms with van der Waals surface area (Å²) < 4.78 is 11.0. The van der Waals surface area contributed by atoms with Crippen molar-refractivity contribution < 1.29 is 19.1 Å². The normalized spacial score (nSPS) is 15.6. The van der Waals surface area contributed by atoms with Crippen molar-refractivity contribution in [3.05, 3.63) is 78.1 Å². The molecule has 0 bridgehead atoms. The maximum atomic E-state index is 13.0. The highest BCUT2D eigenvalue weighted by molar-refractivity contribution is 5.98. The largest absolute Gasteiger partial charge is 0.489 e. The third-order valence-corrected chi connectivity index (χ3v) is 4.33. The quantitative estimate of drug-likeness (QED) is 0.721. The first-order valence-electron chi connectivity index (χ1n) is 8.49. The zero-order chi connectivity index (χ0) is 18.6. The number of ether oxygens (including phenoxy) is 2. The molecule has 7 nitrogen and oxygen atoms in total. The van der Waals surface area contributed by atoms with Crippen LogP contribution >= 0.6 is 0 Å². The van der Waals surface area contributed by atoms with Gasteiger partial charge in [-0.15, -0.1) is 0 Å². The van der Waals surface area contributed by atoms with Gasteiger partial charge >= 0.3 is 5.97 Å². The van der Waals surface area contributed by atoms with Gasteiger partial charge in [-0.2, -0.15) is 5.10 Å². The van der Waals surface area contributed by atoms with Crippen LogP contribution in [0.5, 0.6) is 5.75 Å². The Bertz CT molecular complexity index is 941. The van der Waals surface area contributed by atoms with Crippen LogP contribution in [0.1, 0.15) is 22.1 Å². The van der Waals surface area contributed by atoms with E-state index in [1.165, 1.54) is 12.3 Å². The molecule has 1 aromatic heterocycles. The number of benzene rings is 2. The third-order valence-electron chi connectivity index (χ3n) is 4.33. The topological polar surface area (TPSA) is 84.5 Å². The van der Waals surface area contributed by atoms with Crippen LogP contribution in [0.3, 0.4) is 0 Å². The number of aromatic amines is 1. The lowest BCUT2D eigenvalue weighted by Gasteiger charge is -2.37. The molecule has 2 aromatic carbocycles. The third kappa shape index (κ3) is 3.39. The van der Waals surface area contributed by atoms with Crippen molar-refractivity contribution in [1.82, 2.24) is 10.2 Å². The van der Waals surface area contributed by atoms with E-state index in [4.69, 9.17) is 9.47 Å². The summed E-state index contributed by atoms with van der Waals surface area (Å²) in [6.45, 7) is -0.0587. The molecule has 0 spiro atoms. The summed E-state index contributed by atoms with van der Waals surface area (Å²) >= 11 is 0. The summed E-state index contributed by atoms with van der Waals surface area (Å²) in [7, 11) is 0. The Morgan fingerprint density at radius 3 is 2.67 bits per heavy atom. The zero-order valence-corrected chi connectivity index (χ0v) is 14.4. The van der Waals surface area contributed by atoms with Crippen molar-refractivity contribution in [2.45, 2.75) is 6.04 Å². The minimum atomic E-state index is -0.626. The monoisotopic (exact) mass is 363 g/mol. The lowest BCUT2D eigenvalue weighted by Crippen LogP contribution is -2.43. The van der Waals surface area contributed by atoms with Crippen LogP contribution in [0.4, 0.5) is 5.69 Å². The molecule has 0 fully saturated rings. The number of amides is 1. The number of para-hydroxylation sites is 2. The van der Waals surface area contributed by atoms with Crippen molar-refractivity contribution in [3.8, 4) is 5.75 Å². The first-order chi connectivity index (χ1) is 13.2. The van der Waals surface area contributed by atoms with Gasteiger partial charge in [0.15, 0.2) is 6.61 Å². The first kappa shape index (κ1) is 16.8. The van der Waals surface area contributed by atoms with Gasteiger partial charge in [-0.3, -0.25) is 14.8 Å². The van der Waals surface area contributed by atoms with E-state index >= 15 is 0 Å². The fourth-order valence-electron chi connectivity index (χ4n) is 3.06. The molecule has 1 amide bonds. The number of rotatable bonds is 4. The number of esters is 1. The number of H-pyrrole nitrogens is 1. The van der Waals surface area contributed by atoms with Gasteiger partial charge in [-0.05, 0) is 23.8 Å². The molecule has 4 rings (SSSR count). The van der Waals surface area contributed by atoms with Gasteiger partial charge in [0.05, 0.1) is 11.7 Å². The Labute approximate surface area is 155 Å². The van der Waals surface area contributed by atoms with E-state index in [1.54, 1.807) is 4.90 Å². The molecule has 1 N–H and O–H groups in total. The molecule has 0 radical (unpaired) electrons. The zero-order valence-electron chi connectivity index (χ0n) is 14.4. The Hall–Kier alpha value is -3.61. The van der Waals surface area contributed by atoms with Gasteiger partial charge in [0.2, 0.25) is 0 Å². The maximum absolute atomic E-state index is 13.0. The summed E-state index contributed by atoms with van der Waals surface area (Å²) in [6, 6.07) is 18.1. The van der Waals surface area contributed by atoms with Crippen LogP contribution in [-0.4, -0.2) is 35.3 Å². The second-order valence-corrected chi connectivity index (χ2v) is 6.02. The summed E-state index contributed by atoms with van der Waals surface area (Å²) in [5.41, 5.74) is 1.80. The Kier molecular flexibility index (Phi) is 4.57. The van der Waals surface area contributed by atoms with E-state index < -0.39 is 5.97 Å². The minimum absolute atomic E-state index is 0.199. The fourth-order valence-corrected chi connectivity index (χ4v) is 3.06. The highest BCUT2D eigenvalue weighted by Gasteiger charge is 2.33. The van der Waals surface area contributed by atoms with Gasteiger partial charge in [-0.25, -0.2) is 4.79 Å². The smallest absolute Gasteiger partial charge is 0.356 e. The van der Waals surface area contributed by atoms with Crippen molar-refractivity contribution in [2.24, 2.45) is 0 Å². The standard InChI is InChI=1S/C20H17N3O4/c24-19(13-27-20(25)15-10-11-21-22-15)23-16-8-4-5-9-18(16)26-12-17(23)14-6-2-1-3-7-14/h1-11,17H,12-13H2,(H,21,22)/t17-/m0/s1. The van der Waals surface area contributed by atoms with Gasteiger partial charge < -0.3 is 9.47 Å². The number of fused-ring (bicyclic) bond motifs is 1. The molecule has 1 aliphatic rings. The number of nitrogens with zero attached hydrogens (tertiary/aromatic N) is 2. The Morgan fingerprint density at radius 1 is 1.11 bits per heavy atom. The van der Waals surface area contributed by atoms with Crippen LogP contribution in [0.25, 0.3) is 0 Å². The van der Waals surface area contributed by atoms with E-state index in [9.17, 15) is 9.59 Å². The molecule has 0 saturated heterocycles. The number of anilines is 1. The fraction of sp³-hybridized carbons (Fsp3) is 0.150. The lowest BCUT2D eigenvalue weighted by molar-refractivity contribution is -0.122. The van der Waals surface area contributed by atoms with E-state index in [1.807, 2.05) is 54.6 Å². The van der Waals surface area contributed by atoms with Crippen molar-refractivity contribution in [2.75, 3.05) is 18.1 Å². The second-order valence-electron chi connectivity index (χ2n) is 6.02. The van der Waals surface area contributed by atoms with Gasteiger partial charge in [0, 0.05) is 6.20 Å². The predicted octanol–water partition coefficient (Wildman–Crippen LogP) is 2.73. The van der Waals surface area contributed by atoms with E-state index in [2.05, 4.69) is 10.2 Å². The van der Waals surface area contributed by atoms with E-state index in [0.29, 0.717) is 18.0 Å².